The number of nitrogens with zero attached hydrogens (tertiary/aromatic N) is 1. The molecule has 0 unspecified atom stereocenters. The number of carbonyl (C=O) groups excluding carboxylic acids is 1. The van der Waals surface area contributed by atoms with Crippen LogP contribution in [0.4, 0.5) is 0 Å². The molecule has 0 fully saturated rings. The summed E-state index contributed by atoms with van der Waals surface area (Å²) in [4.78, 5) is 16.5. The Hall–Kier alpha value is -2.20. The van der Waals surface area contributed by atoms with Crippen LogP contribution < -0.4 is 5.32 Å². The first-order valence-electron chi connectivity index (χ1n) is 6.92. The van der Waals surface area contributed by atoms with Gasteiger partial charge in [0.1, 0.15) is 6.10 Å². The van der Waals surface area contributed by atoms with Gasteiger partial charge in [-0.1, -0.05) is 35.9 Å². The Morgan fingerprint density at radius 3 is 2.48 bits per heavy atom. The van der Waals surface area contributed by atoms with Gasteiger partial charge in [-0.3, -0.25) is 9.78 Å². The van der Waals surface area contributed by atoms with Gasteiger partial charge in [-0.25, -0.2) is 0 Å². The van der Waals surface area contributed by atoms with Crippen molar-refractivity contribution < 1.29 is 9.53 Å². The summed E-state index contributed by atoms with van der Waals surface area (Å²) in [5.74, 6) is -0.159. The second-order valence-electron chi connectivity index (χ2n) is 4.98. The van der Waals surface area contributed by atoms with Crippen molar-refractivity contribution in [1.82, 2.24) is 10.3 Å². The number of carbonyl (C=O) groups is 1. The SMILES string of the molecule is CO[C@H](C)C(=O)N[C@@H](c1ccc(C)cc1)c1ccccn1. The fourth-order valence-electron chi connectivity index (χ4n) is 2.00. The van der Waals surface area contributed by atoms with Crippen LogP contribution in [0.15, 0.2) is 48.7 Å². The molecule has 0 aliphatic carbocycles. The fraction of sp³-hybridized carbons (Fsp3) is 0.294. The van der Waals surface area contributed by atoms with Gasteiger partial charge in [-0.05, 0) is 31.5 Å². The van der Waals surface area contributed by atoms with Crippen molar-refractivity contribution in [2.24, 2.45) is 0 Å². The summed E-state index contributed by atoms with van der Waals surface area (Å²) in [5.41, 5.74) is 2.98. The van der Waals surface area contributed by atoms with E-state index in [1.807, 2.05) is 49.4 Å². The topological polar surface area (TPSA) is 51.2 Å². The molecule has 1 aromatic carbocycles. The summed E-state index contributed by atoms with van der Waals surface area (Å²) in [6.07, 6.45) is 1.23. The average molecular weight is 284 g/mol. The van der Waals surface area contributed by atoms with Crippen molar-refractivity contribution in [1.29, 1.82) is 0 Å². The van der Waals surface area contributed by atoms with Crippen LogP contribution in [-0.2, 0) is 9.53 Å². The maximum Gasteiger partial charge on any atom is 0.249 e. The smallest absolute Gasteiger partial charge is 0.249 e. The number of ether oxygens (including phenoxy) is 1. The van der Waals surface area contributed by atoms with Crippen LogP contribution >= 0.6 is 0 Å². The van der Waals surface area contributed by atoms with Gasteiger partial charge in [-0.2, -0.15) is 0 Å². The normalized spacial score (nSPS) is 13.5. The predicted molar refractivity (Wildman–Crippen MR) is 81.9 cm³/mol. The first-order chi connectivity index (χ1) is 10.1. The highest BCUT2D eigenvalue weighted by Gasteiger charge is 2.21. The number of aromatic nitrogens is 1. The highest BCUT2D eigenvalue weighted by atomic mass is 16.5. The number of nitrogens with one attached hydrogen (secondary N) is 1. The lowest BCUT2D eigenvalue weighted by molar-refractivity contribution is -0.130. The van der Waals surface area contributed by atoms with Crippen molar-refractivity contribution in [3.8, 4) is 0 Å². The zero-order chi connectivity index (χ0) is 15.2. The molecule has 1 aromatic heterocycles. The summed E-state index contributed by atoms with van der Waals surface area (Å²) in [5, 5.41) is 2.99. The first-order valence-corrected chi connectivity index (χ1v) is 6.92. The van der Waals surface area contributed by atoms with Crippen LogP contribution in [0, 0.1) is 6.92 Å². The van der Waals surface area contributed by atoms with Gasteiger partial charge in [0.15, 0.2) is 0 Å². The molecular weight excluding hydrogens is 264 g/mol. The van der Waals surface area contributed by atoms with Crippen molar-refractivity contribution in [2.75, 3.05) is 7.11 Å². The Kier molecular flexibility index (Phi) is 5.06. The number of hydrogen-bond donors (Lipinski definition) is 1. The molecule has 2 aromatic rings. The molecule has 0 aliphatic rings. The third-order valence-electron chi connectivity index (χ3n) is 3.40. The van der Waals surface area contributed by atoms with Gasteiger partial charge in [-0.15, -0.1) is 0 Å². The predicted octanol–water partition coefficient (Wildman–Crippen LogP) is 2.63. The number of aryl methyl sites for hydroxylation is 1. The highest BCUT2D eigenvalue weighted by molar-refractivity contribution is 5.81. The van der Waals surface area contributed by atoms with Crippen LogP contribution in [0.3, 0.4) is 0 Å². The van der Waals surface area contributed by atoms with Gasteiger partial charge in [0.25, 0.3) is 0 Å². The van der Waals surface area contributed by atoms with Crippen molar-refractivity contribution in [3.63, 3.8) is 0 Å². The molecule has 21 heavy (non-hydrogen) atoms. The molecule has 110 valence electrons. The number of amides is 1. The van der Waals surface area contributed by atoms with E-state index in [0.717, 1.165) is 11.3 Å². The molecule has 2 rings (SSSR count). The molecule has 0 saturated carbocycles. The molecule has 1 N–H and O–H groups in total. The molecule has 4 nitrogen and oxygen atoms in total. The molecule has 1 amide bonds. The van der Waals surface area contributed by atoms with Crippen LogP contribution in [-0.4, -0.2) is 24.1 Å². The molecule has 1 heterocycles. The Morgan fingerprint density at radius 1 is 1.19 bits per heavy atom. The second kappa shape index (κ2) is 6.99. The molecule has 0 saturated heterocycles. The van der Waals surface area contributed by atoms with Gasteiger partial charge < -0.3 is 10.1 Å². The summed E-state index contributed by atoms with van der Waals surface area (Å²) >= 11 is 0. The van der Waals surface area contributed by atoms with Crippen molar-refractivity contribution in [2.45, 2.75) is 26.0 Å². The van der Waals surface area contributed by atoms with Gasteiger partial charge in [0.05, 0.1) is 11.7 Å². The Bertz CT molecular complexity index is 581. The largest absolute Gasteiger partial charge is 0.372 e. The quantitative estimate of drug-likeness (QED) is 0.918. The molecule has 4 heteroatoms. The summed E-state index contributed by atoms with van der Waals surface area (Å²) in [6.45, 7) is 3.76. The van der Waals surface area contributed by atoms with E-state index in [0.29, 0.717) is 0 Å². The summed E-state index contributed by atoms with van der Waals surface area (Å²) in [6, 6.07) is 13.5. The third kappa shape index (κ3) is 3.89. The van der Waals surface area contributed by atoms with Crippen LogP contribution in [0.2, 0.25) is 0 Å². The number of hydrogen-bond acceptors (Lipinski definition) is 3. The molecular formula is C17H20N2O2. The van der Waals surface area contributed by atoms with Gasteiger partial charge in [0.2, 0.25) is 5.91 Å². The van der Waals surface area contributed by atoms with E-state index in [1.54, 1.807) is 13.1 Å². The molecule has 0 bridgehead atoms. The van der Waals surface area contributed by atoms with E-state index in [2.05, 4.69) is 10.3 Å². The molecule has 0 spiro atoms. The van der Waals surface area contributed by atoms with Gasteiger partial charge >= 0.3 is 0 Å². The summed E-state index contributed by atoms with van der Waals surface area (Å²) in [7, 11) is 1.52. The van der Waals surface area contributed by atoms with Crippen LogP contribution in [0.1, 0.15) is 29.8 Å². The van der Waals surface area contributed by atoms with E-state index in [1.165, 1.54) is 12.7 Å². The summed E-state index contributed by atoms with van der Waals surface area (Å²) < 4.78 is 5.07. The van der Waals surface area contributed by atoms with E-state index in [9.17, 15) is 4.79 Å². The number of methoxy groups -OCH3 is 1. The first kappa shape index (κ1) is 15.2. The van der Waals surface area contributed by atoms with E-state index in [4.69, 9.17) is 4.74 Å². The van der Waals surface area contributed by atoms with Crippen LogP contribution in [0.5, 0.6) is 0 Å². The molecule has 0 radical (unpaired) electrons. The lowest BCUT2D eigenvalue weighted by atomic mass is 10.0. The van der Waals surface area contributed by atoms with E-state index < -0.39 is 6.10 Å². The third-order valence-corrected chi connectivity index (χ3v) is 3.40. The monoisotopic (exact) mass is 284 g/mol. The Balaban J connectivity index is 2.31. The minimum absolute atomic E-state index is 0.159. The van der Waals surface area contributed by atoms with Crippen molar-refractivity contribution >= 4 is 5.91 Å². The standard InChI is InChI=1S/C17H20N2O2/c1-12-7-9-14(10-8-12)16(15-6-4-5-11-18-15)19-17(20)13(2)21-3/h4-11,13,16H,1-3H3,(H,19,20)/t13-,16+/m1/s1. The van der Waals surface area contributed by atoms with Crippen molar-refractivity contribution in [3.05, 3.63) is 65.5 Å². The Morgan fingerprint density at radius 2 is 1.90 bits per heavy atom. The highest BCUT2D eigenvalue weighted by Crippen LogP contribution is 2.21. The zero-order valence-corrected chi connectivity index (χ0v) is 12.5. The van der Waals surface area contributed by atoms with Crippen LogP contribution in [0.25, 0.3) is 0 Å². The Labute approximate surface area is 125 Å². The van der Waals surface area contributed by atoms with E-state index in [-0.39, 0.29) is 11.9 Å². The fourth-order valence-corrected chi connectivity index (χ4v) is 2.00. The minimum atomic E-state index is -0.498. The number of benzene rings is 1. The maximum absolute atomic E-state index is 12.1. The molecule has 0 aliphatic heterocycles. The maximum atomic E-state index is 12.1. The average Bonchev–Trinajstić information content (AvgIpc) is 2.53. The zero-order valence-electron chi connectivity index (χ0n) is 12.5. The number of rotatable bonds is 5. The second-order valence-corrected chi connectivity index (χ2v) is 4.98. The molecule has 2 atom stereocenters. The number of pyridine rings is 1. The lowest BCUT2D eigenvalue weighted by Crippen LogP contribution is -2.37. The minimum Gasteiger partial charge on any atom is -0.372 e. The van der Waals surface area contributed by atoms with Gasteiger partial charge in [0, 0.05) is 13.3 Å². The van der Waals surface area contributed by atoms with E-state index >= 15 is 0 Å². The lowest BCUT2D eigenvalue weighted by Gasteiger charge is -2.21.